The molecule has 0 fully saturated rings. The zero-order valence-electron chi connectivity index (χ0n) is 7.35. The first kappa shape index (κ1) is 11.0. The average Bonchev–Trinajstić information content (AvgIpc) is 2.04. The lowest BCUT2D eigenvalue weighted by Gasteiger charge is -2.14. The Morgan fingerprint density at radius 2 is 2.08 bits per heavy atom. The number of aliphatic carboxylic acids is 1. The summed E-state index contributed by atoms with van der Waals surface area (Å²) in [6.07, 6.45) is 0.368. The van der Waals surface area contributed by atoms with Crippen molar-refractivity contribution in [3.8, 4) is 11.8 Å². The summed E-state index contributed by atoms with van der Waals surface area (Å²) >= 11 is 0. The van der Waals surface area contributed by atoms with Crippen LogP contribution in [0.5, 0.6) is 0 Å². The minimum absolute atomic E-state index is 0.0409. The van der Waals surface area contributed by atoms with E-state index in [0.717, 1.165) is 0 Å². The first-order valence-electron chi connectivity index (χ1n) is 3.95. The summed E-state index contributed by atoms with van der Waals surface area (Å²) in [7, 11) is 0. The van der Waals surface area contributed by atoms with Gasteiger partial charge >= 0.3 is 5.97 Å². The van der Waals surface area contributed by atoms with Crippen LogP contribution in [0.3, 0.4) is 0 Å². The van der Waals surface area contributed by atoms with Crippen LogP contribution in [0.15, 0.2) is 0 Å². The smallest absolute Gasteiger partial charge is 0.342 e. The van der Waals surface area contributed by atoms with Crippen LogP contribution in [0, 0.1) is 11.8 Å². The van der Waals surface area contributed by atoms with Crippen molar-refractivity contribution in [1.29, 1.82) is 0 Å². The van der Waals surface area contributed by atoms with Gasteiger partial charge in [-0.15, -0.1) is 5.92 Å². The Hall–Kier alpha value is -1.04. The van der Waals surface area contributed by atoms with Gasteiger partial charge in [0.2, 0.25) is 5.67 Å². The molecule has 0 aliphatic heterocycles. The van der Waals surface area contributed by atoms with Crippen molar-refractivity contribution in [3.63, 3.8) is 0 Å². The predicted octanol–water partition coefficient (Wildman–Crippen LogP) is 1.99. The van der Waals surface area contributed by atoms with Crippen molar-refractivity contribution in [3.05, 3.63) is 0 Å². The SMILES string of the molecule is CCC#CCC(F)(CC)C(=O)O. The molecule has 1 N–H and O–H groups in total. The second-order valence-corrected chi connectivity index (χ2v) is 2.51. The third-order valence-corrected chi connectivity index (χ3v) is 1.61. The number of halogens is 1. The summed E-state index contributed by atoms with van der Waals surface area (Å²) in [6.45, 7) is 3.33. The van der Waals surface area contributed by atoms with Crippen molar-refractivity contribution >= 4 is 5.97 Å². The molecule has 0 saturated carbocycles. The Balaban J connectivity index is 4.24. The van der Waals surface area contributed by atoms with Crippen molar-refractivity contribution in [2.24, 2.45) is 0 Å². The fraction of sp³-hybridized carbons (Fsp3) is 0.667. The van der Waals surface area contributed by atoms with Crippen molar-refractivity contribution in [1.82, 2.24) is 0 Å². The molecule has 0 amide bonds. The highest BCUT2D eigenvalue weighted by molar-refractivity contribution is 5.77. The zero-order chi connectivity index (χ0) is 9.61. The van der Waals surface area contributed by atoms with Gasteiger partial charge in [-0.1, -0.05) is 19.8 Å². The molecule has 0 rings (SSSR count). The van der Waals surface area contributed by atoms with Gasteiger partial charge in [0.05, 0.1) is 6.42 Å². The van der Waals surface area contributed by atoms with Gasteiger partial charge in [-0.2, -0.15) is 0 Å². The van der Waals surface area contributed by atoms with E-state index in [0.29, 0.717) is 6.42 Å². The number of carbonyl (C=O) groups is 1. The van der Waals surface area contributed by atoms with E-state index in [9.17, 15) is 9.18 Å². The van der Waals surface area contributed by atoms with Gasteiger partial charge in [0.15, 0.2) is 0 Å². The van der Waals surface area contributed by atoms with Crippen molar-refractivity contribution < 1.29 is 14.3 Å². The van der Waals surface area contributed by atoms with Crippen LogP contribution in [0.4, 0.5) is 4.39 Å². The topological polar surface area (TPSA) is 37.3 Å². The maximum absolute atomic E-state index is 13.3. The molecule has 0 aromatic heterocycles. The van der Waals surface area contributed by atoms with E-state index >= 15 is 0 Å². The van der Waals surface area contributed by atoms with E-state index in [2.05, 4.69) is 11.8 Å². The third-order valence-electron chi connectivity index (χ3n) is 1.61. The first-order chi connectivity index (χ1) is 5.56. The van der Waals surface area contributed by atoms with E-state index in [1.165, 1.54) is 6.92 Å². The monoisotopic (exact) mass is 172 g/mol. The summed E-state index contributed by atoms with van der Waals surface area (Å²) in [4.78, 5) is 10.4. The molecule has 0 bridgehead atoms. The van der Waals surface area contributed by atoms with Gasteiger partial charge in [0.25, 0.3) is 0 Å². The fourth-order valence-electron chi connectivity index (χ4n) is 0.679. The number of rotatable bonds is 3. The Labute approximate surface area is 71.8 Å². The Morgan fingerprint density at radius 3 is 2.42 bits per heavy atom. The maximum atomic E-state index is 13.3. The first-order valence-corrected chi connectivity index (χ1v) is 3.95. The van der Waals surface area contributed by atoms with E-state index < -0.39 is 11.6 Å². The fourth-order valence-corrected chi connectivity index (χ4v) is 0.679. The highest BCUT2D eigenvalue weighted by Gasteiger charge is 2.35. The molecular weight excluding hydrogens is 159 g/mol. The van der Waals surface area contributed by atoms with E-state index in [-0.39, 0.29) is 12.8 Å². The highest BCUT2D eigenvalue weighted by Crippen LogP contribution is 2.20. The normalized spacial score (nSPS) is 14.2. The standard InChI is InChI=1S/C9H13FO2/c1-3-5-6-7-9(10,4-2)8(11)12/h3-4,7H2,1-2H3,(H,11,12). The van der Waals surface area contributed by atoms with Crippen LogP contribution in [0.25, 0.3) is 0 Å². The van der Waals surface area contributed by atoms with Gasteiger partial charge in [-0.25, -0.2) is 9.18 Å². The summed E-state index contributed by atoms with van der Waals surface area (Å²) < 4.78 is 13.3. The quantitative estimate of drug-likeness (QED) is 0.661. The molecule has 0 heterocycles. The average molecular weight is 172 g/mol. The highest BCUT2D eigenvalue weighted by atomic mass is 19.1. The summed E-state index contributed by atoms with van der Waals surface area (Å²) in [5, 5.41) is 8.49. The van der Waals surface area contributed by atoms with Gasteiger partial charge in [-0.3, -0.25) is 0 Å². The number of hydrogen-bond donors (Lipinski definition) is 1. The molecule has 1 unspecified atom stereocenters. The van der Waals surface area contributed by atoms with Crippen LogP contribution < -0.4 is 0 Å². The zero-order valence-corrected chi connectivity index (χ0v) is 7.35. The van der Waals surface area contributed by atoms with Crippen LogP contribution in [0.1, 0.15) is 33.1 Å². The molecule has 0 saturated heterocycles. The van der Waals surface area contributed by atoms with Crippen molar-refractivity contribution in [2.75, 3.05) is 0 Å². The van der Waals surface area contributed by atoms with Crippen LogP contribution in [-0.4, -0.2) is 16.7 Å². The maximum Gasteiger partial charge on any atom is 0.342 e. The lowest BCUT2D eigenvalue weighted by Crippen LogP contribution is -2.32. The lowest BCUT2D eigenvalue weighted by atomic mass is 9.99. The summed E-state index contributed by atoms with van der Waals surface area (Å²) in [5.74, 6) is 3.72. The predicted molar refractivity (Wildman–Crippen MR) is 44.4 cm³/mol. The molecule has 0 spiro atoms. The molecule has 0 aromatic rings. The van der Waals surface area contributed by atoms with Crippen LogP contribution >= 0.6 is 0 Å². The van der Waals surface area contributed by atoms with E-state index in [1.54, 1.807) is 0 Å². The summed E-state index contributed by atoms with van der Waals surface area (Å²) in [6, 6.07) is 0. The van der Waals surface area contributed by atoms with Gasteiger partial charge in [0, 0.05) is 6.42 Å². The minimum atomic E-state index is -2.16. The molecule has 0 aliphatic carbocycles. The molecule has 2 nitrogen and oxygen atoms in total. The second-order valence-electron chi connectivity index (χ2n) is 2.51. The third kappa shape index (κ3) is 2.91. The Kier molecular flexibility index (Phi) is 4.35. The largest absolute Gasteiger partial charge is 0.479 e. The minimum Gasteiger partial charge on any atom is -0.479 e. The molecule has 12 heavy (non-hydrogen) atoms. The molecule has 1 atom stereocenters. The number of hydrogen-bond acceptors (Lipinski definition) is 1. The summed E-state index contributed by atoms with van der Waals surface area (Å²) in [5.41, 5.74) is -2.16. The molecular formula is C9H13FO2. The van der Waals surface area contributed by atoms with Crippen molar-refractivity contribution in [2.45, 2.75) is 38.8 Å². The second kappa shape index (κ2) is 4.76. The molecule has 0 aromatic carbocycles. The van der Waals surface area contributed by atoms with E-state index in [1.807, 2.05) is 6.92 Å². The van der Waals surface area contributed by atoms with E-state index in [4.69, 9.17) is 5.11 Å². The Morgan fingerprint density at radius 1 is 1.50 bits per heavy atom. The number of carboxylic acids is 1. The molecule has 3 heteroatoms. The number of alkyl halides is 1. The lowest BCUT2D eigenvalue weighted by molar-refractivity contribution is -0.150. The van der Waals surface area contributed by atoms with Crippen LogP contribution in [0.2, 0.25) is 0 Å². The van der Waals surface area contributed by atoms with Gasteiger partial charge in [0.1, 0.15) is 0 Å². The van der Waals surface area contributed by atoms with Gasteiger partial charge in [-0.05, 0) is 6.42 Å². The Bertz CT molecular complexity index is 214. The molecule has 0 aliphatic rings. The molecule has 0 radical (unpaired) electrons. The number of carboxylic acid groups (broad SMARTS) is 1. The van der Waals surface area contributed by atoms with Gasteiger partial charge < -0.3 is 5.11 Å². The molecule has 68 valence electrons. The van der Waals surface area contributed by atoms with Crippen LogP contribution in [-0.2, 0) is 4.79 Å².